The topological polar surface area (TPSA) is 6.48 Å². The van der Waals surface area contributed by atoms with Crippen LogP contribution in [-0.4, -0.2) is 0 Å². The number of benzene rings is 11. The number of thiophene rings is 1. The van der Waals surface area contributed by atoms with Gasteiger partial charge in [0.2, 0.25) is 0 Å². The van der Waals surface area contributed by atoms with Crippen molar-refractivity contribution in [1.29, 1.82) is 0 Å². The van der Waals surface area contributed by atoms with E-state index in [9.17, 15) is 0 Å². The van der Waals surface area contributed by atoms with Gasteiger partial charge in [0.15, 0.2) is 0 Å². The molecule has 0 atom stereocenters. The maximum absolute atomic E-state index is 2.53. The van der Waals surface area contributed by atoms with Crippen LogP contribution in [-0.2, 0) is 6.42 Å². The van der Waals surface area contributed by atoms with Gasteiger partial charge in [0.25, 0.3) is 0 Å². The molecule has 0 saturated heterocycles. The van der Waals surface area contributed by atoms with Crippen molar-refractivity contribution >= 4 is 76.4 Å². The molecular weight excluding hydrogens is 841 g/mol. The fraction of sp³-hybridized carbons (Fsp3) is 0.0154. The van der Waals surface area contributed by atoms with E-state index in [0.29, 0.717) is 0 Å². The number of fused-ring (bicyclic) bond motifs is 7. The molecule has 13 rings (SSSR count). The van der Waals surface area contributed by atoms with Gasteiger partial charge in [-0.2, -0.15) is 0 Å². The van der Waals surface area contributed by atoms with Crippen LogP contribution in [0.25, 0.3) is 75.5 Å². The van der Waals surface area contributed by atoms with Gasteiger partial charge >= 0.3 is 0 Å². The number of anilines is 6. The first kappa shape index (κ1) is 39.8. The van der Waals surface area contributed by atoms with E-state index in [4.69, 9.17) is 0 Å². The molecule has 0 aliphatic heterocycles. The van der Waals surface area contributed by atoms with Crippen LogP contribution in [0, 0.1) is 0 Å². The quantitative estimate of drug-likeness (QED) is 0.142. The molecule has 0 fully saturated rings. The van der Waals surface area contributed by atoms with Crippen molar-refractivity contribution in [3.63, 3.8) is 0 Å². The summed E-state index contributed by atoms with van der Waals surface area (Å²) in [5.74, 6) is 0. The normalized spacial score (nSPS) is 11.8. The number of nitrogens with zero attached hydrogens (tertiary/aromatic N) is 2. The first-order valence-corrected chi connectivity index (χ1v) is 24.2. The summed E-state index contributed by atoms with van der Waals surface area (Å²) in [5, 5.41) is 4.98. The molecule has 68 heavy (non-hydrogen) atoms. The van der Waals surface area contributed by atoms with Gasteiger partial charge in [0, 0.05) is 44.2 Å². The monoisotopic (exact) mass is 884 g/mol. The molecule has 3 heteroatoms. The van der Waals surface area contributed by atoms with Crippen molar-refractivity contribution in [3.8, 4) is 44.5 Å². The van der Waals surface area contributed by atoms with Crippen LogP contribution in [0.5, 0.6) is 0 Å². The maximum atomic E-state index is 2.53. The van der Waals surface area contributed by atoms with Gasteiger partial charge in [-0.05, 0) is 110 Å². The Morgan fingerprint density at radius 2 is 0.809 bits per heavy atom. The summed E-state index contributed by atoms with van der Waals surface area (Å²) >= 11 is 1.88. The summed E-state index contributed by atoms with van der Waals surface area (Å²) in [4.78, 5) is 4.99. The fourth-order valence-electron chi connectivity index (χ4n) is 10.6. The molecule has 11 aromatic carbocycles. The molecule has 0 amide bonds. The lowest BCUT2D eigenvalue weighted by atomic mass is 9.95. The average Bonchev–Trinajstić information content (AvgIpc) is 3.99. The molecule has 1 aliphatic carbocycles. The Bertz CT molecular complexity index is 3850. The molecule has 0 spiro atoms. The highest BCUT2D eigenvalue weighted by Crippen LogP contribution is 2.51. The van der Waals surface area contributed by atoms with Crippen LogP contribution in [0.4, 0.5) is 34.1 Å². The molecule has 0 unspecified atom stereocenters. The highest BCUT2D eigenvalue weighted by atomic mass is 32.1. The van der Waals surface area contributed by atoms with Crippen LogP contribution < -0.4 is 9.80 Å². The number of rotatable bonds is 9. The lowest BCUT2D eigenvalue weighted by Crippen LogP contribution is -2.13. The van der Waals surface area contributed by atoms with Crippen LogP contribution in [0.15, 0.2) is 255 Å². The average molecular weight is 885 g/mol. The standard InChI is InChI=1S/C65H44N2S/c1-3-19-44(20-4-1)52-39-40-62(56-31-10-9-30-54(52)56)66(60-35-13-11-29-53(60)45-21-5-2-6-22-45)49-26-15-24-46(41-49)47-25-16-27-50(42-47)67(61-36-17-33-55-51-28-8-7-23-48(51)43-59(55)61)63-37-18-34-58-57-32-12-14-38-64(57)68-65(58)63/h1-42H,43H2. The summed E-state index contributed by atoms with van der Waals surface area (Å²) in [6, 6.07) is 93.4. The Kier molecular flexibility index (Phi) is 9.80. The third-order valence-electron chi connectivity index (χ3n) is 13.7. The molecular formula is C65H44N2S. The van der Waals surface area contributed by atoms with E-state index in [-0.39, 0.29) is 0 Å². The first-order chi connectivity index (χ1) is 33.7. The Labute approximate surface area is 400 Å². The molecule has 1 aliphatic rings. The van der Waals surface area contributed by atoms with Gasteiger partial charge in [-0.1, -0.05) is 200 Å². The highest BCUT2D eigenvalue weighted by molar-refractivity contribution is 7.26. The highest BCUT2D eigenvalue weighted by Gasteiger charge is 2.27. The minimum absolute atomic E-state index is 0.892. The van der Waals surface area contributed by atoms with Gasteiger partial charge in [-0.25, -0.2) is 0 Å². The first-order valence-electron chi connectivity index (χ1n) is 23.4. The zero-order chi connectivity index (χ0) is 45.0. The molecule has 0 N–H and O–H groups in total. The Morgan fingerprint density at radius 1 is 0.294 bits per heavy atom. The molecule has 0 radical (unpaired) electrons. The van der Waals surface area contributed by atoms with Crippen LogP contribution in [0.1, 0.15) is 11.1 Å². The van der Waals surface area contributed by atoms with Gasteiger partial charge < -0.3 is 9.80 Å². The van der Waals surface area contributed by atoms with Crippen LogP contribution in [0.3, 0.4) is 0 Å². The Morgan fingerprint density at radius 3 is 1.57 bits per heavy atom. The molecule has 0 saturated carbocycles. The predicted octanol–water partition coefficient (Wildman–Crippen LogP) is 18.7. The van der Waals surface area contributed by atoms with Crippen molar-refractivity contribution in [2.24, 2.45) is 0 Å². The summed E-state index contributed by atoms with van der Waals surface area (Å²) < 4.78 is 2.58. The minimum Gasteiger partial charge on any atom is -0.309 e. The summed E-state index contributed by atoms with van der Waals surface area (Å²) in [6.07, 6.45) is 0.892. The lowest BCUT2D eigenvalue weighted by molar-refractivity contribution is 1.21. The largest absolute Gasteiger partial charge is 0.309 e. The number of para-hydroxylation sites is 1. The number of hydrogen-bond donors (Lipinski definition) is 0. The van der Waals surface area contributed by atoms with Gasteiger partial charge in [-0.3, -0.25) is 0 Å². The summed E-state index contributed by atoms with van der Waals surface area (Å²) in [6.45, 7) is 0. The molecule has 320 valence electrons. The smallest absolute Gasteiger partial charge is 0.0640 e. The summed E-state index contributed by atoms with van der Waals surface area (Å²) in [5.41, 5.74) is 19.3. The predicted molar refractivity (Wildman–Crippen MR) is 291 cm³/mol. The van der Waals surface area contributed by atoms with E-state index in [2.05, 4.69) is 265 Å². The Hall–Kier alpha value is -8.50. The van der Waals surface area contributed by atoms with E-state index < -0.39 is 0 Å². The van der Waals surface area contributed by atoms with E-state index in [1.165, 1.54) is 86.8 Å². The van der Waals surface area contributed by atoms with E-state index in [1.54, 1.807) is 0 Å². The van der Waals surface area contributed by atoms with E-state index in [1.807, 2.05) is 11.3 Å². The van der Waals surface area contributed by atoms with Crippen molar-refractivity contribution < 1.29 is 0 Å². The van der Waals surface area contributed by atoms with E-state index >= 15 is 0 Å². The van der Waals surface area contributed by atoms with Gasteiger partial charge in [0.1, 0.15) is 0 Å². The third kappa shape index (κ3) is 6.78. The van der Waals surface area contributed by atoms with Crippen molar-refractivity contribution in [3.05, 3.63) is 266 Å². The Balaban J connectivity index is 0.995. The van der Waals surface area contributed by atoms with Crippen LogP contribution in [0.2, 0.25) is 0 Å². The minimum atomic E-state index is 0.892. The van der Waals surface area contributed by atoms with Crippen LogP contribution >= 0.6 is 11.3 Å². The second-order valence-electron chi connectivity index (χ2n) is 17.6. The molecule has 1 heterocycles. The molecule has 1 aromatic heterocycles. The zero-order valence-corrected chi connectivity index (χ0v) is 38.1. The second-order valence-corrected chi connectivity index (χ2v) is 18.6. The molecule has 12 aromatic rings. The zero-order valence-electron chi connectivity index (χ0n) is 37.3. The molecule has 2 nitrogen and oxygen atoms in total. The van der Waals surface area contributed by atoms with Crippen molar-refractivity contribution in [2.45, 2.75) is 6.42 Å². The van der Waals surface area contributed by atoms with Gasteiger partial charge in [0.05, 0.1) is 27.4 Å². The van der Waals surface area contributed by atoms with Gasteiger partial charge in [-0.15, -0.1) is 11.3 Å². The van der Waals surface area contributed by atoms with E-state index in [0.717, 1.165) is 40.3 Å². The fourth-order valence-corrected chi connectivity index (χ4v) is 11.8. The second kappa shape index (κ2) is 16.7. The lowest BCUT2D eigenvalue weighted by Gasteiger charge is -2.30. The molecule has 0 bridgehead atoms. The third-order valence-corrected chi connectivity index (χ3v) is 14.9. The van der Waals surface area contributed by atoms with Crippen molar-refractivity contribution in [1.82, 2.24) is 0 Å². The summed E-state index contributed by atoms with van der Waals surface area (Å²) in [7, 11) is 0. The number of hydrogen-bond acceptors (Lipinski definition) is 3. The maximum Gasteiger partial charge on any atom is 0.0640 e. The SMILES string of the molecule is c1ccc(-c2ccccc2N(c2cccc(-c3cccc(N(c4cccc5c4Cc4ccccc4-5)c4cccc5c4sc4ccccc45)c3)c2)c2ccc(-c3ccccc3)c3ccccc23)cc1. The van der Waals surface area contributed by atoms with Crippen molar-refractivity contribution in [2.75, 3.05) is 9.80 Å².